The molecule has 1 N–H and O–H groups in total. The van der Waals surface area contributed by atoms with E-state index in [1.165, 1.54) is 10.4 Å². The zero-order chi connectivity index (χ0) is 26.9. The molecular formula is C28H28F3N3O3S. The number of benzene rings is 3. The van der Waals surface area contributed by atoms with E-state index in [4.69, 9.17) is 0 Å². The molecule has 0 spiro atoms. The lowest BCUT2D eigenvalue weighted by Crippen LogP contribution is -2.51. The Morgan fingerprint density at radius 1 is 0.868 bits per heavy atom. The van der Waals surface area contributed by atoms with Gasteiger partial charge in [-0.05, 0) is 35.7 Å². The number of hydrogen-bond acceptors (Lipinski definition) is 4. The molecule has 2 atom stereocenters. The second-order valence-corrected chi connectivity index (χ2v) is 11.7. The number of carbonyl (C=O) groups is 1. The van der Waals surface area contributed by atoms with Gasteiger partial charge in [0.1, 0.15) is 0 Å². The van der Waals surface area contributed by atoms with Gasteiger partial charge in [-0.3, -0.25) is 9.69 Å². The van der Waals surface area contributed by atoms with Crippen LogP contribution in [0, 0.1) is 5.92 Å². The number of carbonyl (C=O) groups excluding carboxylic acids is 1. The van der Waals surface area contributed by atoms with Crippen LogP contribution in [0.15, 0.2) is 89.8 Å². The predicted octanol–water partition coefficient (Wildman–Crippen LogP) is 4.31. The van der Waals surface area contributed by atoms with E-state index in [0.717, 1.165) is 23.3 Å². The van der Waals surface area contributed by atoms with E-state index in [1.54, 1.807) is 0 Å². The number of alkyl halides is 3. The molecule has 0 aromatic heterocycles. The molecule has 0 saturated carbocycles. The Hall–Kier alpha value is -3.21. The van der Waals surface area contributed by atoms with Gasteiger partial charge in [0, 0.05) is 32.2 Å². The molecule has 1 amide bonds. The fraction of sp³-hybridized carbons (Fsp3) is 0.321. The van der Waals surface area contributed by atoms with Crippen molar-refractivity contribution in [3.8, 4) is 0 Å². The minimum Gasteiger partial charge on any atom is -0.345 e. The summed E-state index contributed by atoms with van der Waals surface area (Å²) in [6.45, 7) is 1.20. The lowest BCUT2D eigenvalue weighted by molar-refractivity contribution is -0.137. The Morgan fingerprint density at radius 2 is 1.50 bits per heavy atom. The second kappa shape index (κ2) is 10.5. The number of sulfonamides is 1. The number of halogens is 3. The second-order valence-electron chi connectivity index (χ2n) is 9.73. The van der Waals surface area contributed by atoms with E-state index < -0.39 is 21.8 Å². The van der Waals surface area contributed by atoms with Gasteiger partial charge in [-0.2, -0.15) is 17.5 Å². The van der Waals surface area contributed by atoms with Crippen LogP contribution in [0.2, 0.25) is 0 Å². The van der Waals surface area contributed by atoms with Crippen LogP contribution in [0.5, 0.6) is 0 Å². The van der Waals surface area contributed by atoms with E-state index in [0.29, 0.717) is 25.6 Å². The maximum atomic E-state index is 13.4. The number of hydrogen-bond donors (Lipinski definition) is 1. The molecule has 6 nitrogen and oxygen atoms in total. The largest absolute Gasteiger partial charge is 0.416 e. The molecule has 2 unspecified atom stereocenters. The first kappa shape index (κ1) is 26.4. The summed E-state index contributed by atoms with van der Waals surface area (Å²) in [4.78, 5) is 15.1. The SMILES string of the molecule is O=C(NC(c1ccccc1)c1ccccc1)C1CC2CN(S(=O)(=O)c3cccc(C(F)(F)F)c3)CCN2C1. The van der Waals surface area contributed by atoms with Gasteiger partial charge < -0.3 is 5.32 Å². The first-order chi connectivity index (χ1) is 18.1. The molecule has 5 rings (SSSR count). The van der Waals surface area contributed by atoms with Crippen molar-refractivity contribution in [2.45, 2.75) is 29.6 Å². The van der Waals surface area contributed by atoms with Gasteiger partial charge in [0.2, 0.25) is 15.9 Å². The van der Waals surface area contributed by atoms with Crippen LogP contribution < -0.4 is 5.32 Å². The number of rotatable bonds is 6. The Labute approximate surface area is 220 Å². The van der Waals surface area contributed by atoms with E-state index in [2.05, 4.69) is 10.2 Å². The smallest absolute Gasteiger partial charge is 0.345 e. The molecule has 3 aromatic rings. The summed E-state index contributed by atoms with van der Waals surface area (Å²) in [5.74, 6) is -0.435. The average Bonchev–Trinajstić information content (AvgIpc) is 3.36. The fourth-order valence-electron chi connectivity index (χ4n) is 5.31. The molecule has 10 heteroatoms. The van der Waals surface area contributed by atoms with E-state index >= 15 is 0 Å². The molecule has 2 heterocycles. The minimum absolute atomic E-state index is 0.107. The Balaban J connectivity index is 1.28. The lowest BCUT2D eigenvalue weighted by Gasteiger charge is -2.36. The highest BCUT2D eigenvalue weighted by atomic mass is 32.2. The molecule has 2 saturated heterocycles. The highest BCUT2D eigenvalue weighted by Crippen LogP contribution is 2.33. The zero-order valence-electron chi connectivity index (χ0n) is 20.5. The van der Waals surface area contributed by atoms with Crippen molar-refractivity contribution in [2.75, 3.05) is 26.2 Å². The molecule has 0 radical (unpaired) electrons. The van der Waals surface area contributed by atoms with Crippen molar-refractivity contribution in [1.29, 1.82) is 0 Å². The minimum atomic E-state index is -4.63. The number of amides is 1. The van der Waals surface area contributed by atoms with Crippen molar-refractivity contribution >= 4 is 15.9 Å². The van der Waals surface area contributed by atoms with Gasteiger partial charge in [0.25, 0.3) is 0 Å². The highest BCUT2D eigenvalue weighted by molar-refractivity contribution is 7.89. The summed E-state index contributed by atoms with van der Waals surface area (Å²) in [7, 11) is -4.11. The highest BCUT2D eigenvalue weighted by Gasteiger charge is 2.43. The molecule has 0 bridgehead atoms. The quantitative estimate of drug-likeness (QED) is 0.503. The monoisotopic (exact) mass is 543 g/mol. The number of nitrogens with zero attached hydrogens (tertiary/aromatic N) is 2. The fourth-order valence-corrected chi connectivity index (χ4v) is 6.83. The Morgan fingerprint density at radius 3 is 2.11 bits per heavy atom. The first-order valence-corrected chi connectivity index (χ1v) is 13.9. The van der Waals surface area contributed by atoms with Crippen molar-refractivity contribution in [3.05, 3.63) is 102 Å². The summed E-state index contributed by atoms with van der Waals surface area (Å²) in [5, 5.41) is 3.18. The predicted molar refractivity (Wildman–Crippen MR) is 137 cm³/mol. The molecule has 0 aliphatic carbocycles. The number of fused-ring (bicyclic) bond motifs is 1. The van der Waals surface area contributed by atoms with E-state index in [-0.39, 0.29) is 41.9 Å². The van der Waals surface area contributed by atoms with Crippen LogP contribution in [-0.4, -0.2) is 55.8 Å². The third-order valence-corrected chi connectivity index (χ3v) is 9.16. The normalized spacial score (nSPS) is 20.8. The third-order valence-electron chi connectivity index (χ3n) is 7.30. The van der Waals surface area contributed by atoms with Gasteiger partial charge >= 0.3 is 6.18 Å². The van der Waals surface area contributed by atoms with Crippen LogP contribution in [0.1, 0.15) is 29.2 Å². The van der Waals surface area contributed by atoms with E-state index in [9.17, 15) is 26.4 Å². The maximum Gasteiger partial charge on any atom is 0.416 e. The van der Waals surface area contributed by atoms with Crippen molar-refractivity contribution in [2.24, 2.45) is 5.92 Å². The summed E-state index contributed by atoms with van der Waals surface area (Å²) < 4.78 is 67.1. The van der Waals surface area contributed by atoms with Crippen molar-refractivity contribution in [1.82, 2.24) is 14.5 Å². The molecular weight excluding hydrogens is 515 g/mol. The van der Waals surface area contributed by atoms with Crippen LogP contribution in [-0.2, 0) is 21.0 Å². The maximum absolute atomic E-state index is 13.4. The topological polar surface area (TPSA) is 69.7 Å². The molecule has 2 fully saturated rings. The van der Waals surface area contributed by atoms with Crippen molar-refractivity contribution in [3.63, 3.8) is 0 Å². The van der Waals surface area contributed by atoms with Gasteiger partial charge in [-0.1, -0.05) is 66.7 Å². The zero-order valence-corrected chi connectivity index (χ0v) is 21.3. The standard InChI is InChI=1S/C28H28F3N3O3S/c29-28(30,31)23-12-7-13-25(17-23)38(36,37)34-15-14-33-18-22(16-24(33)19-34)27(35)32-26(20-8-3-1-4-9-20)21-10-5-2-6-11-21/h1-13,17,22,24,26H,14-16,18-19H2,(H,32,35). The first-order valence-electron chi connectivity index (χ1n) is 12.4. The van der Waals surface area contributed by atoms with Gasteiger partial charge in [0.15, 0.2) is 0 Å². The van der Waals surface area contributed by atoms with Crippen LogP contribution in [0.4, 0.5) is 13.2 Å². The number of nitrogens with one attached hydrogen (secondary N) is 1. The van der Waals surface area contributed by atoms with Crippen LogP contribution in [0.3, 0.4) is 0 Å². The summed E-state index contributed by atoms with van der Waals surface area (Å²) in [6, 6.07) is 22.7. The molecule has 3 aromatic carbocycles. The van der Waals surface area contributed by atoms with Crippen molar-refractivity contribution < 1.29 is 26.4 Å². The molecule has 200 valence electrons. The number of piperazine rings is 1. The van der Waals surface area contributed by atoms with Crippen LogP contribution in [0.25, 0.3) is 0 Å². The Kier molecular flexibility index (Phi) is 7.30. The lowest BCUT2D eigenvalue weighted by atomic mass is 9.97. The summed E-state index contributed by atoms with van der Waals surface area (Å²) >= 11 is 0. The third kappa shape index (κ3) is 5.48. The van der Waals surface area contributed by atoms with E-state index in [1.807, 2.05) is 60.7 Å². The average molecular weight is 544 g/mol. The molecule has 38 heavy (non-hydrogen) atoms. The molecule has 2 aliphatic rings. The summed E-state index contributed by atoms with van der Waals surface area (Å²) in [5.41, 5.74) is 0.920. The van der Waals surface area contributed by atoms with Gasteiger partial charge in [0.05, 0.1) is 22.4 Å². The van der Waals surface area contributed by atoms with Gasteiger partial charge in [-0.15, -0.1) is 0 Å². The van der Waals surface area contributed by atoms with Crippen LogP contribution >= 0.6 is 0 Å². The Bertz CT molecular complexity index is 1340. The summed E-state index contributed by atoms with van der Waals surface area (Å²) in [6.07, 6.45) is -4.16. The van der Waals surface area contributed by atoms with Gasteiger partial charge in [-0.25, -0.2) is 8.42 Å². The molecule has 2 aliphatic heterocycles.